The molecular formula is C21H22N4OS. The quantitative estimate of drug-likeness (QED) is 0.652. The summed E-state index contributed by atoms with van der Waals surface area (Å²) < 4.78 is 1.94. The average molecular weight is 379 g/mol. The van der Waals surface area contributed by atoms with Gasteiger partial charge in [-0.3, -0.25) is 9.36 Å². The van der Waals surface area contributed by atoms with Gasteiger partial charge >= 0.3 is 0 Å². The highest BCUT2D eigenvalue weighted by atomic mass is 32.2. The first-order chi connectivity index (χ1) is 13.1. The monoisotopic (exact) mass is 378 g/mol. The molecule has 2 heterocycles. The van der Waals surface area contributed by atoms with Gasteiger partial charge in [-0.15, -0.1) is 10.2 Å². The number of carbonyl (C=O) groups is 1. The SMILES string of the molecule is Cc1ccc(-n2cnnc2SCC(=O)N2CCc3ccccc3C2)cc1C. The third-order valence-electron chi connectivity index (χ3n) is 5.09. The summed E-state index contributed by atoms with van der Waals surface area (Å²) in [7, 11) is 0. The molecule has 0 unspecified atom stereocenters. The number of hydrogen-bond acceptors (Lipinski definition) is 4. The van der Waals surface area contributed by atoms with Gasteiger partial charge in [0.05, 0.1) is 5.75 Å². The van der Waals surface area contributed by atoms with Crippen molar-refractivity contribution in [1.82, 2.24) is 19.7 Å². The first-order valence-electron chi connectivity index (χ1n) is 9.07. The van der Waals surface area contributed by atoms with Crippen molar-refractivity contribution in [2.24, 2.45) is 0 Å². The Hall–Kier alpha value is -2.60. The van der Waals surface area contributed by atoms with Crippen LogP contribution in [0.5, 0.6) is 0 Å². The summed E-state index contributed by atoms with van der Waals surface area (Å²) in [5, 5.41) is 8.98. The third kappa shape index (κ3) is 3.76. The highest BCUT2D eigenvalue weighted by Gasteiger charge is 2.21. The van der Waals surface area contributed by atoms with Crippen LogP contribution in [-0.2, 0) is 17.8 Å². The maximum absolute atomic E-state index is 12.7. The van der Waals surface area contributed by atoms with Crippen LogP contribution in [0, 0.1) is 13.8 Å². The predicted octanol–water partition coefficient (Wildman–Crippen LogP) is 3.56. The summed E-state index contributed by atoms with van der Waals surface area (Å²) in [5.41, 5.74) is 6.09. The predicted molar refractivity (Wildman–Crippen MR) is 107 cm³/mol. The number of thioether (sulfide) groups is 1. The summed E-state index contributed by atoms with van der Waals surface area (Å²) >= 11 is 1.44. The van der Waals surface area contributed by atoms with Gasteiger partial charge in [-0.1, -0.05) is 42.1 Å². The van der Waals surface area contributed by atoms with Crippen LogP contribution in [0.25, 0.3) is 5.69 Å². The van der Waals surface area contributed by atoms with Gasteiger partial charge in [0.2, 0.25) is 5.91 Å². The Morgan fingerprint density at radius 1 is 1.11 bits per heavy atom. The van der Waals surface area contributed by atoms with Crippen LogP contribution in [0.3, 0.4) is 0 Å². The number of aryl methyl sites for hydroxylation is 2. The molecule has 1 aromatic heterocycles. The Morgan fingerprint density at radius 2 is 1.93 bits per heavy atom. The van der Waals surface area contributed by atoms with E-state index in [1.165, 1.54) is 34.0 Å². The fourth-order valence-corrected chi connectivity index (χ4v) is 4.13. The normalized spacial score (nSPS) is 13.5. The fourth-order valence-electron chi connectivity index (χ4n) is 3.30. The van der Waals surface area contributed by atoms with Gasteiger partial charge in [0.1, 0.15) is 6.33 Å². The molecule has 0 atom stereocenters. The van der Waals surface area contributed by atoms with Gasteiger partial charge < -0.3 is 4.90 Å². The van der Waals surface area contributed by atoms with Gasteiger partial charge in [-0.2, -0.15) is 0 Å². The lowest BCUT2D eigenvalue weighted by Crippen LogP contribution is -2.37. The lowest BCUT2D eigenvalue weighted by atomic mass is 10.00. The van der Waals surface area contributed by atoms with Gasteiger partial charge in [0.15, 0.2) is 5.16 Å². The number of rotatable bonds is 4. The fraction of sp³-hybridized carbons (Fsp3) is 0.286. The van der Waals surface area contributed by atoms with E-state index in [4.69, 9.17) is 0 Å². The van der Waals surface area contributed by atoms with Crippen molar-refractivity contribution in [2.75, 3.05) is 12.3 Å². The smallest absolute Gasteiger partial charge is 0.233 e. The van der Waals surface area contributed by atoms with E-state index in [1.807, 2.05) is 15.5 Å². The first-order valence-corrected chi connectivity index (χ1v) is 10.1. The molecule has 6 heteroatoms. The second kappa shape index (κ2) is 7.56. The molecule has 1 aliphatic rings. The number of aromatic nitrogens is 3. The molecule has 0 fully saturated rings. The minimum atomic E-state index is 0.143. The van der Waals surface area contributed by atoms with E-state index in [2.05, 4.69) is 60.4 Å². The highest BCUT2D eigenvalue weighted by molar-refractivity contribution is 7.99. The molecule has 138 valence electrons. The van der Waals surface area contributed by atoms with E-state index in [0.29, 0.717) is 12.3 Å². The van der Waals surface area contributed by atoms with Crippen molar-refractivity contribution < 1.29 is 4.79 Å². The van der Waals surface area contributed by atoms with Crippen LogP contribution in [0.2, 0.25) is 0 Å². The molecule has 0 radical (unpaired) electrons. The zero-order valence-corrected chi connectivity index (χ0v) is 16.4. The summed E-state index contributed by atoms with van der Waals surface area (Å²) in [4.78, 5) is 14.6. The topological polar surface area (TPSA) is 51.0 Å². The van der Waals surface area contributed by atoms with Crippen LogP contribution < -0.4 is 0 Å². The molecule has 3 aromatic rings. The molecule has 0 N–H and O–H groups in total. The summed E-state index contributed by atoms with van der Waals surface area (Å²) in [6.07, 6.45) is 2.62. The minimum absolute atomic E-state index is 0.143. The average Bonchev–Trinajstić information content (AvgIpc) is 3.16. The molecule has 0 bridgehead atoms. The van der Waals surface area contributed by atoms with Crippen LogP contribution in [0.4, 0.5) is 0 Å². The maximum atomic E-state index is 12.7. The highest BCUT2D eigenvalue weighted by Crippen LogP contribution is 2.23. The van der Waals surface area contributed by atoms with Gasteiger partial charge in [0, 0.05) is 18.8 Å². The second-order valence-corrected chi connectivity index (χ2v) is 7.82. The lowest BCUT2D eigenvalue weighted by molar-refractivity contribution is -0.129. The van der Waals surface area contributed by atoms with Crippen molar-refractivity contribution in [3.8, 4) is 5.69 Å². The van der Waals surface area contributed by atoms with E-state index < -0.39 is 0 Å². The van der Waals surface area contributed by atoms with Gasteiger partial charge in [0.25, 0.3) is 0 Å². The Labute approximate surface area is 163 Å². The molecule has 0 aliphatic carbocycles. The van der Waals surface area contributed by atoms with Crippen molar-refractivity contribution in [2.45, 2.75) is 32.0 Å². The largest absolute Gasteiger partial charge is 0.337 e. The summed E-state index contributed by atoms with van der Waals surface area (Å²) in [6.45, 7) is 5.66. The van der Waals surface area contributed by atoms with Crippen LogP contribution in [-0.4, -0.2) is 37.9 Å². The van der Waals surface area contributed by atoms with Crippen LogP contribution in [0.1, 0.15) is 22.3 Å². The van der Waals surface area contributed by atoms with Crippen molar-refractivity contribution in [3.63, 3.8) is 0 Å². The number of hydrogen-bond donors (Lipinski definition) is 0. The summed E-state index contributed by atoms with van der Waals surface area (Å²) in [6, 6.07) is 14.6. The molecule has 0 saturated heterocycles. The molecule has 2 aromatic carbocycles. The van der Waals surface area contributed by atoms with Crippen molar-refractivity contribution in [1.29, 1.82) is 0 Å². The molecule has 5 nitrogen and oxygen atoms in total. The van der Waals surface area contributed by atoms with E-state index in [9.17, 15) is 4.79 Å². The molecule has 1 aliphatic heterocycles. The molecule has 4 rings (SSSR count). The Balaban J connectivity index is 1.43. The molecule has 0 saturated carbocycles. The van der Waals surface area contributed by atoms with Crippen LogP contribution in [0.15, 0.2) is 53.9 Å². The maximum Gasteiger partial charge on any atom is 0.233 e. The Kier molecular flexibility index (Phi) is 4.99. The lowest BCUT2D eigenvalue weighted by Gasteiger charge is -2.28. The number of benzene rings is 2. The van der Waals surface area contributed by atoms with E-state index in [0.717, 1.165) is 23.8 Å². The Morgan fingerprint density at radius 3 is 2.74 bits per heavy atom. The van der Waals surface area contributed by atoms with E-state index in [1.54, 1.807) is 6.33 Å². The molecule has 27 heavy (non-hydrogen) atoms. The molecule has 1 amide bonds. The zero-order chi connectivity index (χ0) is 18.8. The zero-order valence-electron chi connectivity index (χ0n) is 15.6. The van der Waals surface area contributed by atoms with E-state index in [-0.39, 0.29) is 5.91 Å². The van der Waals surface area contributed by atoms with Gasteiger partial charge in [-0.25, -0.2) is 0 Å². The third-order valence-corrected chi connectivity index (χ3v) is 6.02. The second-order valence-electron chi connectivity index (χ2n) is 6.87. The number of amides is 1. The number of carbonyl (C=O) groups excluding carboxylic acids is 1. The summed E-state index contributed by atoms with van der Waals surface area (Å²) in [5.74, 6) is 0.509. The molecular weight excluding hydrogens is 356 g/mol. The van der Waals surface area contributed by atoms with Gasteiger partial charge in [-0.05, 0) is 54.7 Å². The minimum Gasteiger partial charge on any atom is -0.337 e. The number of fused-ring (bicyclic) bond motifs is 1. The Bertz CT molecular complexity index is 982. The molecule has 0 spiro atoms. The first kappa shape index (κ1) is 17.8. The number of nitrogens with zero attached hydrogens (tertiary/aromatic N) is 4. The van der Waals surface area contributed by atoms with Crippen molar-refractivity contribution in [3.05, 3.63) is 71.0 Å². The standard InChI is InChI=1S/C21H22N4OS/c1-15-7-8-19(11-16(15)2)25-14-22-23-21(25)27-13-20(26)24-10-9-17-5-3-4-6-18(17)12-24/h3-8,11,14H,9-10,12-13H2,1-2H3. The van der Waals surface area contributed by atoms with E-state index >= 15 is 0 Å². The van der Waals surface area contributed by atoms with Crippen LogP contribution >= 0.6 is 11.8 Å². The van der Waals surface area contributed by atoms with Crippen molar-refractivity contribution >= 4 is 17.7 Å².